The molecule has 0 aromatic rings. The van der Waals surface area contributed by atoms with Gasteiger partial charge in [-0.3, -0.25) is 3.97 Å². The van der Waals surface area contributed by atoms with Gasteiger partial charge in [0, 0.05) is 14.4 Å². The molecule has 2 rings (SSSR count). The summed E-state index contributed by atoms with van der Waals surface area (Å²) in [4.78, 5) is 11.5. The van der Waals surface area contributed by atoms with E-state index < -0.39 is 0 Å². The van der Waals surface area contributed by atoms with Crippen molar-refractivity contribution < 1.29 is 13.5 Å². The van der Waals surface area contributed by atoms with Crippen molar-refractivity contribution >= 4 is 37.5 Å². The maximum atomic E-state index is 11.5. The van der Waals surface area contributed by atoms with Crippen LogP contribution in [0, 0.1) is 23.7 Å². The van der Waals surface area contributed by atoms with Crippen molar-refractivity contribution in [3.8, 4) is 0 Å². The first kappa shape index (κ1) is 20.6. The first-order chi connectivity index (χ1) is 11.6. The highest BCUT2D eigenvalue weighted by Crippen LogP contribution is 2.42. The lowest BCUT2D eigenvalue weighted by molar-refractivity contribution is -0.140. The second-order valence-corrected chi connectivity index (χ2v) is 9.41. The van der Waals surface area contributed by atoms with Crippen molar-refractivity contribution in [3.63, 3.8) is 0 Å². The number of esters is 1. The lowest BCUT2D eigenvalue weighted by Gasteiger charge is -2.37. The summed E-state index contributed by atoms with van der Waals surface area (Å²) >= 11 is 5.21. The lowest BCUT2D eigenvalue weighted by atomic mass is 9.69. The molecule has 0 N–H and O–H groups in total. The molecule has 138 valence electrons. The van der Waals surface area contributed by atoms with E-state index in [0.29, 0.717) is 26.9 Å². The van der Waals surface area contributed by atoms with E-state index in [-0.39, 0.29) is 5.97 Å². The molecule has 0 spiro atoms. The largest absolute Gasteiger partial charge is 0.462 e. The fourth-order valence-electron chi connectivity index (χ4n) is 4.19. The third-order valence-electron chi connectivity index (χ3n) is 5.72. The van der Waals surface area contributed by atoms with E-state index in [9.17, 15) is 4.79 Å². The van der Waals surface area contributed by atoms with Crippen molar-refractivity contribution in [2.45, 2.75) is 58.3 Å². The SMILES string of the molecule is C=C(C)C(=O)OCC1CCC(C2CCC(CPOSS)CC2)CC1. The summed E-state index contributed by atoms with van der Waals surface area (Å²) in [5.74, 6) is 2.99. The summed E-state index contributed by atoms with van der Waals surface area (Å²) in [5.41, 5.74) is 0.499. The van der Waals surface area contributed by atoms with Gasteiger partial charge in [0.1, 0.15) is 0 Å². The number of carbonyl (C=O) groups is 1. The molecule has 0 amide bonds. The molecule has 2 saturated carbocycles. The quantitative estimate of drug-likeness (QED) is 0.108. The van der Waals surface area contributed by atoms with Crippen LogP contribution in [0.3, 0.4) is 0 Å². The Bertz CT molecular complexity index is 403. The zero-order chi connectivity index (χ0) is 17.4. The van der Waals surface area contributed by atoms with Gasteiger partial charge in [-0.2, -0.15) is 0 Å². The maximum absolute atomic E-state index is 11.5. The smallest absolute Gasteiger partial charge is 0.333 e. The standard InChI is InChI=1S/C18H31O3PS2/c1-13(2)18(19)20-11-14-3-7-16(8-4-14)17-9-5-15(6-10-17)12-22-21-24-23/h14-17,22-23H,1,3-12H2,2H3. The summed E-state index contributed by atoms with van der Waals surface area (Å²) in [6, 6.07) is 0. The van der Waals surface area contributed by atoms with Gasteiger partial charge >= 0.3 is 5.97 Å². The molecule has 0 aromatic heterocycles. The van der Waals surface area contributed by atoms with E-state index in [1.165, 1.54) is 68.6 Å². The molecular formula is C18H31O3PS2. The van der Waals surface area contributed by atoms with Gasteiger partial charge in [0.25, 0.3) is 0 Å². The number of ether oxygens (including phenoxy) is 1. The zero-order valence-corrected chi connectivity index (χ0v) is 17.4. The molecule has 0 saturated heterocycles. The molecule has 3 nitrogen and oxygen atoms in total. The van der Waals surface area contributed by atoms with Crippen molar-refractivity contribution in [2.24, 2.45) is 23.7 Å². The zero-order valence-electron chi connectivity index (χ0n) is 14.7. The molecule has 2 aliphatic carbocycles. The summed E-state index contributed by atoms with van der Waals surface area (Å²) in [6.07, 6.45) is 11.8. The third kappa shape index (κ3) is 6.90. The Labute approximate surface area is 158 Å². The van der Waals surface area contributed by atoms with Gasteiger partial charge in [-0.15, -0.1) is 0 Å². The normalized spacial score (nSPS) is 31.2. The van der Waals surface area contributed by atoms with Crippen LogP contribution >= 0.6 is 31.5 Å². The van der Waals surface area contributed by atoms with Crippen LogP contribution < -0.4 is 0 Å². The van der Waals surface area contributed by atoms with Crippen LogP contribution in [0.1, 0.15) is 58.3 Å². The molecule has 0 bridgehead atoms. The van der Waals surface area contributed by atoms with Crippen LogP contribution in [-0.2, 0) is 13.5 Å². The van der Waals surface area contributed by atoms with E-state index >= 15 is 0 Å². The van der Waals surface area contributed by atoms with E-state index in [4.69, 9.17) is 8.71 Å². The fourth-order valence-corrected chi connectivity index (χ4v) is 5.79. The van der Waals surface area contributed by atoms with Gasteiger partial charge in [-0.1, -0.05) is 18.2 Å². The van der Waals surface area contributed by atoms with Gasteiger partial charge in [-0.25, -0.2) is 4.79 Å². The molecule has 1 unspecified atom stereocenters. The number of hydrogen-bond acceptors (Lipinski definition) is 5. The molecule has 2 aliphatic rings. The summed E-state index contributed by atoms with van der Waals surface area (Å²) in [7, 11) is 0.593. The van der Waals surface area contributed by atoms with Crippen molar-refractivity contribution in [1.82, 2.24) is 0 Å². The molecule has 0 heterocycles. The average Bonchev–Trinajstić information content (AvgIpc) is 2.61. The Morgan fingerprint density at radius 3 is 2.12 bits per heavy atom. The molecule has 0 radical (unpaired) electrons. The van der Waals surface area contributed by atoms with Crippen molar-refractivity contribution in [1.29, 1.82) is 0 Å². The van der Waals surface area contributed by atoms with Gasteiger partial charge < -0.3 is 4.74 Å². The van der Waals surface area contributed by atoms with Crippen LogP contribution in [0.5, 0.6) is 0 Å². The van der Waals surface area contributed by atoms with Crippen LogP contribution in [0.15, 0.2) is 12.2 Å². The Hall–Kier alpha value is 0.300. The fraction of sp³-hybridized carbons (Fsp3) is 0.833. The number of carbonyl (C=O) groups excluding carboxylic acids is 1. The van der Waals surface area contributed by atoms with Crippen LogP contribution in [-0.4, -0.2) is 18.7 Å². The Kier molecular flexibility index (Phi) is 9.54. The average molecular weight is 391 g/mol. The predicted molar refractivity (Wildman–Crippen MR) is 108 cm³/mol. The van der Waals surface area contributed by atoms with Crippen molar-refractivity contribution in [3.05, 3.63) is 12.2 Å². The monoisotopic (exact) mass is 390 g/mol. The number of hydrogen-bond donors (Lipinski definition) is 1. The maximum Gasteiger partial charge on any atom is 0.333 e. The second kappa shape index (κ2) is 11.1. The Morgan fingerprint density at radius 1 is 1.08 bits per heavy atom. The minimum Gasteiger partial charge on any atom is -0.462 e. The summed E-state index contributed by atoms with van der Waals surface area (Å²) in [6.45, 7) is 5.92. The second-order valence-electron chi connectivity index (χ2n) is 7.45. The molecule has 1 atom stereocenters. The summed E-state index contributed by atoms with van der Waals surface area (Å²) < 4.78 is 10.6. The van der Waals surface area contributed by atoms with Gasteiger partial charge in [0.15, 0.2) is 0 Å². The first-order valence-corrected chi connectivity index (χ1v) is 12.0. The van der Waals surface area contributed by atoms with E-state index in [0.717, 1.165) is 17.8 Å². The van der Waals surface area contributed by atoms with Gasteiger partial charge in [0.05, 0.1) is 17.7 Å². The molecule has 6 heteroatoms. The summed E-state index contributed by atoms with van der Waals surface area (Å²) in [5, 5.41) is 0. The number of thiol groups is 1. The van der Waals surface area contributed by atoms with Gasteiger partial charge in [0.2, 0.25) is 0 Å². The molecule has 0 aromatic carbocycles. The lowest BCUT2D eigenvalue weighted by Crippen LogP contribution is -2.28. The van der Waals surface area contributed by atoms with Gasteiger partial charge in [-0.05, 0) is 88.1 Å². The minimum absolute atomic E-state index is 0.239. The van der Waals surface area contributed by atoms with E-state index in [1.54, 1.807) is 6.92 Å². The highest BCUT2D eigenvalue weighted by Gasteiger charge is 2.31. The minimum atomic E-state index is -0.239. The number of rotatable bonds is 8. The highest BCUT2D eigenvalue weighted by molar-refractivity contribution is 8.67. The van der Waals surface area contributed by atoms with Crippen LogP contribution in [0.25, 0.3) is 0 Å². The molecular weight excluding hydrogens is 359 g/mol. The molecule has 0 aliphatic heterocycles. The van der Waals surface area contributed by atoms with Crippen LogP contribution in [0.2, 0.25) is 0 Å². The third-order valence-corrected chi connectivity index (χ3v) is 7.90. The highest BCUT2D eigenvalue weighted by atomic mass is 33.1. The van der Waals surface area contributed by atoms with Crippen LogP contribution in [0.4, 0.5) is 0 Å². The Morgan fingerprint density at radius 2 is 1.62 bits per heavy atom. The predicted octanol–water partition coefficient (Wildman–Crippen LogP) is 5.82. The molecule has 2 fully saturated rings. The van der Waals surface area contributed by atoms with E-state index in [1.807, 2.05) is 0 Å². The van der Waals surface area contributed by atoms with E-state index in [2.05, 4.69) is 18.2 Å². The molecule has 24 heavy (non-hydrogen) atoms. The Balaban J connectivity index is 1.61. The van der Waals surface area contributed by atoms with Crippen molar-refractivity contribution in [2.75, 3.05) is 12.8 Å². The topological polar surface area (TPSA) is 35.5 Å². The first-order valence-electron chi connectivity index (χ1n) is 9.12.